The molecule has 84 valence electrons. The van der Waals surface area contributed by atoms with Gasteiger partial charge in [0.25, 0.3) is 0 Å². The number of aliphatic imine (C=N–C) groups is 1. The molecule has 0 radical (unpaired) electrons. The van der Waals surface area contributed by atoms with Crippen LogP contribution in [0.25, 0.3) is 0 Å². The van der Waals surface area contributed by atoms with Gasteiger partial charge in [-0.1, -0.05) is 26.8 Å². The molecule has 1 aliphatic rings. The van der Waals surface area contributed by atoms with Gasteiger partial charge in [0, 0.05) is 11.0 Å². The monoisotopic (exact) mass is 227 g/mol. The van der Waals surface area contributed by atoms with Crippen LogP contribution in [0, 0.1) is 0 Å². The molecule has 4 heteroatoms. The van der Waals surface area contributed by atoms with Crippen LogP contribution in [0.4, 0.5) is 0 Å². The first-order valence-corrected chi connectivity index (χ1v) is 5.70. The predicted octanol–water partition coefficient (Wildman–Crippen LogP) is 2.37. The molecule has 0 aromatic rings. The minimum Gasteiger partial charge on any atom is -0.480 e. The van der Waals surface area contributed by atoms with Crippen LogP contribution in [0.1, 0.15) is 27.7 Å². The van der Waals surface area contributed by atoms with Crippen LogP contribution < -0.4 is 0 Å². The van der Waals surface area contributed by atoms with Gasteiger partial charge in [-0.3, -0.25) is 4.99 Å². The number of carboxylic acids is 1. The molecule has 1 N–H and O–H groups in total. The number of rotatable bonds is 2. The number of dihydropyridines is 1. The molecule has 0 bridgehead atoms. The molecular formula is C11H17NO2S. The maximum absolute atomic E-state index is 11.1. The third-order valence-electron chi connectivity index (χ3n) is 2.05. The smallest absolute Gasteiger partial charge is 0.330 e. The summed E-state index contributed by atoms with van der Waals surface area (Å²) in [5, 5.41) is 9.11. The van der Waals surface area contributed by atoms with E-state index in [-0.39, 0.29) is 4.75 Å². The molecular weight excluding hydrogens is 210 g/mol. The highest BCUT2D eigenvalue weighted by Gasteiger charge is 2.41. The van der Waals surface area contributed by atoms with Gasteiger partial charge in [0.2, 0.25) is 0 Å². The Bertz CT molecular complexity index is 317. The Hall–Kier alpha value is -0.770. The molecule has 0 amide bonds. The largest absolute Gasteiger partial charge is 0.480 e. The van der Waals surface area contributed by atoms with Gasteiger partial charge in [0.15, 0.2) is 6.04 Å². The fourth-order valence-corrected chi connectivity index (χ4v) is 3.41. The van der Waals surface area contributed by atoms with E-state index in [1.165, 1.54) is 0 Å². The van der Waals surface area contributed by atoms with Gasteiger partial charge in [-0.15, -0.1) is 11.8 Å². The first kappa shape index (κ1) is 12.3. The number of hydrogen-bond acceptors (Lipinski definition) is 3. The zero-order valence-corrected chi connectivity index (χ0v) is 10.3. The van der Waals surface area contributed by atoms with E-state index in [9.17, 15) is 4.79 Å². The summed E-state index contributed by atoms with van der Waals surface area (Å²) in [5.74, 6) is -0.866. The summed E-state index contributed by atoms with van der Waals surface area (Å²) < 4.78 is -0.446. The van der Waals surface area contributed by atoms with E-state index in [0.717, 1.165) is 0 Å². The second kappa shape index (κ2) is 4.00. The number of nitrogens with zero attached hydrogens (tertiary/aromatic N) is 1. The minimum atomic E-state index is -0.866. The lowest BCUT2D eigenvalue weighted by Gasteiger charge is -2.36. The Balaban J connectivity index is 2.94. The summed E-state index contributed by atoms with van der Waals surface area (Å²) >= 11 is 1.64. The number of thioether (sulfide) groups is 1. The minimum absolute atomic E-state index is 0.0135. The maximum atomic E-state index is 11.1. The van der Waals surface area contributed by atoms with Gasteiger partial charge in [-0.05, 0) is 13.0 Å². The van der Waals surface area contributed by atoms with Crippen LogP contribution in [0.5, 0.6) is 0 Å². The Labute approximate surface area is 94.7 Å². The van der Waals surface area contributed by atoms with Gasteiger partial charge in [-0.25, -0.2) is 4.79 Å². The second-order valence-electron chi connectivity index (χ2n) is 4.80. The topological polar surface area (TPSA) is 49.7 Å². The molecule has 2 unspecified atom stereocenters. The van der Waals surface area contributed by atoms with Crippen LogP contribution in [0.2, 0.25) is 0 Å². The fraction of sp³-hybridized carbons (Fsp3) is 0.636. The lowest BCUT2D eigenvalue weighted by Crippen LogP contribution is -2.43. The van der Waals surface area contributed by atoms with E-state index < -0.39 is 16.8 Å². The highest BCUT2D eigenvalue weighted by molar-refractivity contribution is 8.02. The van der Waals surface area contributed by atoms with Crippen molar-refractivity contribution in [2.24, 2.45) is 4.99 Å². The molecule has 0 aromatic carbocycles. The van der Waals surface area contributed by atoms with Crippen molar-refractivity contribution in [1.29, 1.82) is 0 Å². The predicted molar refractivity (Wildman–Crippen MR) is 64.8 cm³/mol. The Morgan fingerprint density at radius 3 is 2.60 bits per heavy atom. The van der Waals surface area contributed by atoms with Crippen molar-refractivity contribution < 1.29 is 9.90 Å². The maximum Gasteiger partial charge on any atom is 0.330 e. The van der Waals surface area contributed by atoms with Gasteiger partial charge in [-0.2, -0.15) is 0 Å². The summed E-state index contributed by atoms with van der Waals surface area (Å²) in [4.78, 5) is 15.1. The highest BCUT2D eigenvalue weighted by Crippen LogP contribution is 2.41. The first-order chi connectivity index (χ1) is 6.75. The average Bonchev–Trinajstić information content (AvgIpc) is 1.99. The zero-order valence-electron chi connectivity index (χ0n) is 9.52. The van der Waals surface area contributed by atoms with E-state index in [2.05, 4.69) is 25.8 Å². The molecule has 0 saturated heterocycles. The van der Waals surface area contributed by atoms with Crippen LogP contribution >= 0.6 is 11.8 Å². The molecule has 1 heterocycles. The summed E-state index contributed by atoms with van der Waals surface area (Å²) in [6.45, 7) is 8.16. The van der Waals surface area contributed by atoms with Crippen LogP contribution in [-0.2, 0) is 4.79 Å². The number of aliphatic carboxylic acids is 1. The summed E-state index contributed by atoms with van der Waals surface area (Å²) in [7, 11) is 0. The second-order valence-corrected chi connectivity index (χ2v) is 7.10. The molecule has 0 saturated carbocycles. The van der Waals surface area contributed by atoms with Crippen molar-refractivity contribution in [2.75, 3.05) is 0 Å². The van der Waals surface area contributed by atoms with Crippen molar-refractivity contribution in [1.82, 2.24) is 0 Å². The molecule has 0 fully saturated rings. The third-order valence-corrected chi connectivity index (χ3v) is 3.46. The standard InChI is InChI=1S/C11H17NO2S/c1-10(2,3)15-11(4)6-5-7-12-8(11)9(13)14/h5-8H,1-4H3,(H,13,14). The van der Waals surface area contributed by atoms with E-state index >= 15 is 0 Å². The molecule has 15 heavy (non-hydrogen) atoms. The Morgan fingerprint density at radius 1 is 1.53 bits per heavy atom. The van der Waals surface area contributed by atoms with Crippen LogP contribution in [0.15, 0.2) is 17.1 Å². The number of allylic oxidation sites excluding steroid dienone is 1. The van der Waals surface area contributed by atoms with E-state index in [0.29, 0.717) is 0 Å². The van der Waals surface area contributed by atoms with Crippen molar-refractivity contribution in [2.45, 2.75) is 43.2 Å². The van der Waals surface area contributed by atoms with Gasteiger partial charge < -0.3 is 5.11 Å². The molecule has 1 aliphatic heterocycles. The summed E-state index contributed by atoms with van der Waals surface area (Å²) in [6, 6.07) is -0.688. The Kier molecular flexibility index (Phi) is 3.28. The fourth-order valence-electron chi connectivity index (χ4n) is 1.67. The van der Waals surface area contributed by atoms with Crippen molar-refractivity contribution >= 4 is 23.9 Å². The summed E-state index contributed by atoms with van der Waals surface area (Å²) in [5.41, 5.74) is 0. The van der Waals surface area contributed by atoms with Crippen molar-refractivity contribution in [3.05, 3.63) is 12.2 Å². The van der Waals surface area contributed by atoms with Gasteiger partial charge in [0.1, 0.15) is 0 Å². The van der Waals surface area contributed by atoms with Crippen molar-refractivity contribution in [3.63, 3.8) is 0 Å². The number of carboxylic acid groups (broad SMARTS) is 1. The lowest BCUT2D eigenvalue weighted by molar-refractivity contribution is -0.138. The molecule has 0 spiro atoms. The van der Waals surface area contributed by atoms with Crippen LogP contribution in [-0.4, -0.2) is 32.8 Å². The quantitative estimate of drug-likeness (QED) is 0.788. The number of hydrogen-bond donors (Lipinski definition) is 1. The molecule has 0 aromatic heterocycles. The molecule has 3 nitrogen and oxygen atoms in total. The highest BCUT2D eigenvalue weighted by atomic mass is 32.2. The average molecular weight is 227 g/mol. The van der Waals surface area contributed by atoms with E-state index in [1.54, 1.807) is 18.0 Å². The molecule has 0 aliphatic carbocycles. The first-order valence-electron chi connectivity index (χ1n) is 4.89. The lowest BCUT2D eigenvalue weighted by atomic mass is 9.99. The van der Waals surface area contributed by atoms with Crippen molar-refractivity contribution in [3.8, 4) is 0 Å². The SMILES string of the molecule is CC(C)(C)SC1(C)C=CC=NC1C(=O)O. The van der Waals surface area contributed by atoms with Crippen LogP contribution in [0.3, 0.4) is 0 Å². The normalized spacial score (nSPS) is 30.5. The van der Waals surface area contributed by atoms with E-state index in [1.807, 2.05) is 19.1 Å². The molecule has 2 atom stereocenters. The van der Waals surface area contributed by atoms with Gasteiger partial charge >= 0.3 is 5.97 Å². The zero-order chi connectivity index (χ0) is 11.7. The summed E-state index contributed by atoms with van der Waals surface area (Å²) in [6.07, 6.45) is 5.30. The Morgan fingerprint density at radius 2 is 2.13 bits per heavy atom. The third kappa shape index (κ3) is 3.09. The number of carbonyl (C=O) groups is 1. The van der Waals surface area contributed by atoms with Gasteiger partial charge in [0.05, 0.1) is 4.75 Å². The van der Waals surface area contributed by atoms with E-state index in [4.69, 9.17) is 5.11 Å². The molecule has 1 rings (SSSR count).